The molecule has 1 atom stereocenters. The molecule has 4 nitrogen and oxygen atoms in total. The van der Waals surface area contributed by atoms with Crippen molar-refractivity contribution in [2.24, 2.45) is 0 Å². The second kappa shape index (κ2) is 4.83. The molecule has 1 N–H and O–H groups in total. The maximum atomic E-state index is 13.4. The summed E-state index contributed by atoms with van der Waals surface area (Å²) in [6.07, 6.45) is -2.33. The molecule has 1 rings (SSSR count). The van der Waals surface area contributed by atoms with Gasteiger partial charge in [-0.2, -0.15) is 0 Å². The molecule has 1 aromatic carbocycles. The number of halogens is 1. The first kappa shape index (κ1) is 13.6. The van der Waals surface area contributed by atoms with Gasteiger partial charge < -0.3 is 5.11 Å². The molecule has 0 aliphatic carbocycles. The topological polar surface area (TPSA) is 71.4 Å². The van der Waals surface area contributed by atoms with Crippen molar-refractivity contribution >= 4 is 15.8 Å². The zero-order valence-electron chi connectivity index (χ0n) is 9.42. The lowest BCUT2D eigenvalue weighted by molar-refractivity contribution is -0.143. The fraction of sp³-hybridized carbons (Fsp3) is 0.364. The minimum Gasteiger partial charge on any atom is -0.479 e. The van der Waals surface area contributed by atoms with Crippen molar-refractivity contribution in [3.05, 3.63) is 29.8 Å². The van der Waals surface area contributed by atoms with E-state index in [4.69, 9.17) is 5.11 Å². The number of aliphatic carboxylic acids is 1. The lowest BCUT2D eigenvalue weighted by Crippen LogP contribution is -2.18. The van der Waals surface area contributed by atoms with Gasteiger partial charge >= 0.3 is 5.97 Å². The number of benzene rings is 1. The van der Waals surface area contributed by atoms with Gasteiger partial charge in [-0.25, -0.2) is 17.6 Å². The molecule has 0 radical (unpaired) electrons. The SMILES string of the molecule is CC(C)S(=O)(=O)c1ccccc1C(F)C(=O)O. The molecule has 0 saturated carbocycles. The van der Waals surface area contributed by atoms with Crippen LogP contribution in [0.2, 0.25) is 0 Å². The van der Waals surface area contributed by atoms with E-state index in [1.54, 1.807) is 0 Å². The molecule has 1 unspecified atom stereocenters. The Hall–Kier alpha value is -1.43. The van der Waals surface area contributed by atoms with Crippen LogP contribution in [0.15, 0.2) is 29.2 Å². The van der Waals surface area contributed by atoms with Crippen molar-refractivity contribution in [1.82, 2.24) is 0 Å². The van der Waals surface area contributed by atoms with Crippen LogP contribution in [-0.2, 0) is 14.6 Å². The van der Waals surface area contributed by atoms with Crippen LogP contribution in [0, 0.1) is 0 Å². The van der Waals surface area contributed by atoms with E-state index in [-0.39, 0.29) is 10.5 Å². The molecule has 17 heavy (non-hydrogen) atoms. The second-order valence-electron chi connectivity index (χ2n) is 3.83. The highest BCUT2D eigenvalue weighted by Crippen LogP contribution is 2.27. The summed E-state index contributed by atoms with van der Waals surface area (Å²) >= 11 is 0. The maximum Gasteiger partial charge on any atom is 0.343 e. The lowest BCUT2D eigenvalue weighted by Gasteiger charge is -2.13. The predicted octanol–water partition coefficient (Wildman–Crippen LogP) is 1.96. The van der Waals surface area contributed by atoms with Gasteiger partial charge in [-0.1, -0.05) is 18.2 Å². The summed E-state index contributed by atoms with van der Waals surface area (Å²) in [6.45, 7) is 2.92. The predicted molar refractivity (Wildman–Crippen MR) is 60.2 cm³/mol. The third-order valence-corrected chi connectivity index (χ3v) is 4.56. The molecule has 0 amide bonds. The van der Waals surface area contributed by atoms with E-state index in [0.29, 0.717) is 0 Å². The van der Waals surface area contributed by atoms with Crippen molar-refractivity contribution in [3.63, 3.8) is 0 Å². The van der Waals surface area contributed by atoms with Crippen molar-refractivity contribution in [3.8, 4) is 0 Å². The number of carboxylic acid groups (broad SMARTS) is 1. The summed E-state index contributed by atoms with van der Waals surface area (Å²) in [5, 5.41) is 7.86. The molecule has 1 aromatic rings. The molecule has 0 bridgehead atoms. The molecule has 6 heteroatoms. The van der Waals surface area contributed by atoms with Crippen LogP contribution in [0.25, 0.3) is 0 Å². The Morgan fingerprint density at radius 3 is 2.29 bits per heavy atom. The van der Waals surface area contributed by atoms with Gasteiger partial charge in [0.15, 0.2) is 9.84 Å². The van der Waals surface area contributed by atoms with Crippen LogP contribution >= 0.6 is 0 Å². The summed E-state index contributed by atoms with van der Waals surface area (Å²) in [6, 6.07) is 5.24. The van der Waals surface area contributed by atoms with Gasteiger partial charge in [0, 0.05) is 5.56 Å². The summed E-state index contributed by atoms with van der Waals surface area (Å²) < 4.78 is 37.3. The molecular weight excluding hydrogens is 247 g/mol. The monoisotopic (exact) mass is 260 g/mol. The quantitative estimate of drug-likeness (QED) is 0.898. The Labute approximate surface area is 99.0 Å². The summed E-state index contributed by atoms with van der Waals surface area (Å²) in [5.41, 5.74) is -0.325. The molecule has 0 aromatic heterocycles. The van der Waals surface area contributed by atoms with E-state index in [2.05, 4.69) is 0 Å². The largest absolute Gasteiger partial charge is 0.479 e. The first-order chi connectivity index (χ1) is 7.78. The maximum absolute atomic E-state index is 13.4. The van der Waals surface area contributed by atoms with Gasteiger partial charge in [0.2, 0.25) is 6.17 Å². The molecule has 0 fully saturated rings. The summed E-state index contributed by atoms with van der Waals surface area (Å²) in [7, 11) is -3.69. The van der Waals surface area contributed by atoms with Crippen molar-refractivity contribution in [1.29, 1.82) is 0 Å². The number of carboxylic acids is 1. The number of alkyl halides is 1. The Kier molecular flexibility index (Phi) is 3.87. The highest BCUT2D eigenvalue weighted by Gasteiger charge is 2.29. The zero-order valence-corrected chi connectivity index (χ0v) is 10.2. The van der Waals surface area contributed by atoms with Crippen LogP contribution < -0.4 is 0 Å². The second-order valence-corrected chi connectivity index (χ2v) is 6.31. The molecular formula is C11H13FO4S. The molecule has 0 spiro atoms. The Bertz CT molecular complexity index is 522. The molecule has 0 aliphatic rings. The van der Waals surface area contributed by atoms with Crippen molar-refractivity contribution in [2.45, 2.75) is 30.2 Å². The Morgan fingerprint density at radius 1 is 1.29 bits per heavy atom. The highest BCUT2D eigenvalue weighted by atomic mass is 32.2. The minimum absolute atomic E-state index is 0.259. The highest BCUT2D eigenvalue weighted by molar-refractivity contribution is 7.92. The average Bonchev–Trinajstić information content (AvgIpc) is 2.27. The van der Waals surface area contributed by atoms with Gasteiger partial charge in [-0.3, -0.25) is 0 Å². The van der Waals surface area contributed by atoms with Crippen LogP contribution in [0.4, 0.5) is 4.39 Å². The zero-order chi connectivity index (χ0) is 13.2. The number of rotatable bonds is 4. The number of sulfone groups is 1. The smallest absolute Gasteiger partial charge is 0.343 e. The van der Waals surface area contributed by atoms with Crippen LogP contribution in [0.5, 0.6) is 0 Å². The van der Waals surface area contributed by atoms with Crippen LogP contribution in [0.3, 0.4) is 0 Å². The van der Waals surface area contributed by atoms with Crippen LogP contribution in [-0.4, -0.2) is 24.7 Å². The van der Waals surface area contributed by atoms with E-state index in [9.17, 15) is 17.6 Å². The fourth-order valence-electron chi connectivity index (χ4n) is 1.34. The van der Waals surface area contributed by atoms with Crippen molar-refractivity contribution < 1.29 is 22.7 Å². The van der Waals surface area contributed by atoms with Gasteiger partial charge in [0.1, 0.15) is 0 Å². The van der Waals surface area contributed by atoms with Crippen molar-refractivity contribution in [2.75, 3.05) is 0 Å². The summed E-state index contributed by atoms with van der Waals surface area (Å²) in [5.74, 6) is -1.70. The van der Waals surface area contributed by atoms with Gasteiger partial charge in [-0.15, -0.1) is 0 Å². The van der Waals surface area contributed by atoms with Gasteiger partial charge in [0.25, 0.3) is 0 Å². The molecule has 0 aliphatic heterocycles. The van der Waals surface area contributed by atoms with E-state index in [1.807, 2.05) is 0 Å². The molecule has 0 saturated heterocycles. The van der Waals surface area contributed by atoms with Gasteiger partial charge in [0.05, 0.1) is 10.1 Å². The van der Waals surface area contributed by atoms with Crippen LogP contribution in [0.1, 0.15) is 25.6 Å². The molecule has 94 valence electrons. The minimum atomic E-state index is -3.69. The Morgan fingerprint density at radius 2 is 1.82 bits per heavy atom. The third kappa shape index (κ3) is 2.63. The number of carbonyl (C=O) groups is 1. The summed E-state index contributed by atoms with van der Waals surface area (Å²) in [4.78, 5) is 10.3. The number of hydrogen-bond donors (Lipinski definition) is 1. The average molecular weight is 260 g/mol. The van der Waals surface area contributed by atoms with Gasteiger partial charge in [-0.05, 0) is 19.9 Å². The number of hydrogen-bond acceptors (Lipinski definition) is 3. The van der Waals surface area contributed by atoms with E-state index in [1.165, 1.54) is 38.1 Å². The van der Waals surface area contributed by atoms with E-state index in [0.717, 1.165) is 0 Å². The third-order valence-electron chi connectivity index (χ3n) is 2.34. The standard InChI is InChI=1S/C11H13FO4S/c1-7(2)17(15,16)9-6-4-3-5-8(9)10(12)11(13)14/h3-7,10H,1-2H3,(H,13,14). The Balaban J connectivity index is 3.42. The lowest BCUT2D eigenvalue weighted by atomic mass is 10.1. The fourth-order valence-corrected chi connectivity index (χ4v) is 2.61. The first-order valence-corrected chi connectivity index (χ1v) is 6.52. The van der Waals surface area contributed by atoms with E-state index >= 15 is 0 Å². The van der Waals surface area contributed by atoms with E-state index < -0.39 is 27.2 Å². The first-order valence-electron chi connectivity index (χ1n) is 4.98. The molecule has 0 heterocycles. The normalized spacial score (nSPS) is 13.6.